The molecular formula is C23H26ClN7O2. The number of rotatable bonds is 6. The molecule has 0 radical (unpaired) electrons. The van der Waals surface area contributed by atoms with E-state index >= 15 is 0 Å². The zero-order valence-corrected chi connectivity index (χ0v) is 19.4. The normalized spacial score (nSPS) is 20.8. The molecule has 2 unspecified atom stereocenters. The van der Waals surface area contributed by atoms with Crippen LogP contribution in [-0.2, 0) is 17.9 Å². The van der Waals surface area contributed by atoms with Crippen LogP contribution in [-0.4, -0.2) is 66.1 Å². The van der Waals surface area contributed by atoms with Gasteiger partial charge in [-0.15, -0.1) is 10.2 Å². The number of amides is 1. The number of piperidine rings is 2. The number of nitrogens with zero attached hydrogens (tertiary/aromatic N) is 7. The van der Waals surface area contributed by atoms with E-state index < -0.39 is 0 Å². The highest BCUT2D eigenvalue weighted by molar-refractivity contribution is 6.30. The molecule has 3 aliphatic heterocycles. The molecule has 172 valence electrons. The molecule has 1 aromatic carbocycles. The van der Waals surface area contributed by atoms with Crippen LogP contribution in [0.1, 0.15) is 41.4 Å². The van der Waals surface area contributed by atoms with Gasteiger partial charge in [0.15, 0.2) is 11.7 Å². The van der Waals surface area contributed by atoms with E-state index in [4.69, 9.17) is 16.0 Å². The second kappa shape index (κ2) is 9.07. The van der Waals surface area contributed by atoms with Gasteiger partial charge in [0.1, 0.15) is 6.26 Å². The Morgan fingerprint density at radius 3 is 2.76 bits per heavy atom. The minimum Gasteiger partial charge on any atom is -0.449 e. The molecule has 3 fully saturated rings. The smallest absolute Gasteiger partial charge is 0.246 e. The number of oxazole rings is 1. The number of aryl methyl sites for hydroxylation is 2. The van der Waals surface area contributed by atoms with Gasteiger partial charge in [-0.2, -0.15) is 4.80 Å². The van der Waals surface area contributed by atoms with Crippen molar-refractivity contribution >= 4 is 23.6 Å². The predicted molar refractivity (Wildman–Crippen MR) is 122 cm³/mol. The van der Waals surface area contributed by atoms with Gasteiger partial charge in [0.2, 0.25) is 5.91 Å². The molecule has 5 heterocycles. The molecule has 6 rings (SSSR count). The molecule has 9 nitrogen and oxygen atoms in total. The quantitative estimate of drug-likeness (QED) is 0.514. The average molecular weight is 468 g/mol. The number of hydrogen-bond donors (Lipinski definition) is 0. The molecule has 3 aliphatic rings. The first-order valence-corrected chi connectivity index (χ1v) is 11.5. The summed E-state index contributed by atoms with van der Waals surface area (Å²) in [6.07, 6.45) is 7.38. The summed E-state index contributed by atoms with van der Waals surface area (Å²) in [7, 11) is 0. The number of hydrogen-bond acceptors (Lipinski definition) is 7. The van der Waals surface area contributed by atoms with Crippen LogP contribution in [0.15, 0.2) is 35.0 Å². The lowest BCUT2D eigenvalue weighted by atomic mass is 9.90. The first-order valence-electron chi connectivity index (χ1n) is 11.1. The lowest BCUT2D eigenvalue weighted by Crippen LogP contribution is -2.63. The number of benzene rings is 1. The Bertz CT molecular complexity index is 1190. The van der Waals surface area contributed by atoms with Crippen LogP contribution >= 0.6 is 11.6 Å². The van der Waals surface area contributed by atoms with Crippen molar-refractivity contribution in [3.63, 3.8) is 0 Å². The van der Waals surface area contributed by atoms with Gasteiger partial charge in [0, 0.05) is 49.7 Å². The number of aromatic nitrogens is 5. The van der Waals surface area contributed by atoms with Crippen LogP contribution in [0.3, 0.4) is 0 Å². The molecule has 0 spiro atoms. The van der Waals surface area contributed by atoms with Crippen molar-refractivity contribution in [3.05, 3.63) is 64.1 Å². The number of tetrazole rings is 1. The molecule has 0 saturated carbocycles. The first kappa shape index (κ1) is 21.8. The largest absolute Gasteiger partial charge is 0.449 e. The number of halogens is 1. The standard InChI is InChI=1S/C23H26ClN7O2/c1-15-26-28-31(27-15)10-18-9-19(24)5-3-17(18)4-8-23(32)30-13-21-6-7-22(30)12-29(21)11-20-14-33-16(2)25-20/h3-5,8-9,14,21-22H,6-7,10-13H2,1-2H3/b8-4+. The summed E-state index contributed by atoms with van der Waals surface area (Å²) >= 11 is 6.21. The van der Waals surface area contributed by atoms with Crippen LogP contribution in [0.25, 0.3) is 6.08 Å². The molecular weight excluding hydrogens is 442 g/mol. The number of carbonyl (C=O) groups is 1. The van der Waals surface area contributed by atoms with Crippen LogP contribution < -0.4 is 0 Å². The van der Waals surface area contributed by atoms with Crippen molar-refractivity contribution in [2.75, 3.05) is 13.1 Å². The fourth-order valence-electron chi connectivity index (χ4n) is 4.74. The average Bonchev–Trinajstić information content (AvgIpc) is 3.40. The van der Waals surface area contributed by atoms with Crippen LogP contribution in [0.2, 0.25) is 5.02 Å². The fraction of sp³-hybridized carbons (Fsp3) is 0.435. The maximum Gasteiger partial charge on any atom is 0.246 e. The molecule has 33 heavy (non-hydrogen) atoms. The molecule has 2 aromatic heterocycles. The summed E-state index contributed by atoms with van der Waals surface area (Å²) in [5, 5.41) is 12.8. The second-order valence-electron chi connectivity index (χ2n) is 8.71. The van der Waals surface area contributed by atoms with Crippen LogP contribution in [0.4, 0.5) is 0 Å². The summed E-state index contributed by atoms with van der Waals surface area (Å²) in [5.74, 6) is 1.33. The third kappa shape index (κ3) is 4.84. The van der Waals surface area contributed by atoms with E-state index in [1.807, 2.05) is 36.1 Å². The van der Waals surface area contributed by atoms with E-state index in [0.717, 1.165) is 49.3 Å². The van der Waals surface area contributed by atoms with E-state index in [2.05, 4.69) is 25.3 Å². The molecule has 1 amide bonds. The van der Waals surface area contributed by atoms with E-state index in [9.17, 15) is 4.79 Å². The zero-order valence-electron chi connectivity index (χ0n) is 18.7. The Balaban J connectivity index is 1.26. The Labute approximate surface area is 197 Å². The van der Waals surface area contributed by atoms with Gasteiger partial charge < -0.3 is 9.32 Å². The lowest BCUT2D eigenvalue weighted by Gasteiger charge is -2.51. The monoisotopic (exact) mass is 467 g/mol. The van der Waals surface area contributed by atoms with E-state index in [-0.39, 0.29) is 11.9 Å². The third-order valence-electron chi connectivity index (χ3n) is 6.33. The Hall–Kier alpha value is -3.04. The van der Waals surface area contributed by atoms with Crippen molar-refractivity contribution in [1.29, 1.82) is 0 Å². The summed E-state index contributed by atoms with van der Waals surface area (Å²) in [6, 6.07) is 6.16. The summed E-state index contributed by atoms with van der Waals surface area (Å²) in [6.45, 7) is 6.44. The van der Waals surface area contributed by atoms with Crippen LogP contribution in [0, 0.1) is 13.8 Å². The maximum absolute atomic E-state index is 13.1. The van der Waals surface area contributed by atoms with Crippen molar-refractivity contribution < 1.29 is 9.21 Å². The van der Waals surface area contributed by atoms with Gasteiger partial charge in [0.05, 0.1) is 12.2 Å². The molecule has 3 saturated heterocycles. The highest BCUT2D eigenvalue weighted by Gasteiger charge is 2.40. The molecule has 3 aromatic rings. The summed E-state index contributed by atoms with van der Waals surface area (Å²) in [5.41, 5.74) is 2.79. The number of carbonyl (C=O) groups excluding carboxylic acids is 1. The lowest BCUT2D eigenvalue weighted by molar-refractivity contribution is -0.136. The minimum atomic E-state index is 0.0391. The van der Waals surface area contributed by atoms with Gasteiger partial charge in [-0.1, -0.05) is 17.7 Å². The molecule has 2 bridgehead atoms. The Morgan fingerprint density at radius 1 is 1.21 bits per heavy atom. The highest BCUT2D eigenvalue weighted by Crippen LogP contribution is 2.30. The Morgan fingerprint density at radius 2 is 2.06 bits per heavy atom. The van der Waals surface area contributed by atoms with Crippen molar-refractivity contribution in [3.8, 4) is 0 Å². The van der Waals surface area contributed by atoms with Crippen LogP contribution in [0.5, 0.6) is 0 Å². The summed E-state index contributed by atoms with van der Waals surface area (Å²) < 4.78 is 5.34. The van der Waals surface area contributed by atoms with E-state index in [1.54, 1.807) is 19.3 Å². The zero-order chi connectivity index (χ0) is 22.9. The SMILES string of the molecule is Cc1nnn(Cc2cc(Cl)ccc2/C=C/C(=O)N2CC3CCC2CN3Cc2coc(C)n2)n1. The van der Waals surface area contributed by atoms with Gasteiger partial charge in [0.25, 0.3) is 0 Å². The molecule has 0 aliphatic carbocycles. The predicted octanol–water partition coefficient (Wildman–Crippen LogP) is 2.87. The molecule has 0 N–H and O–H groups in total. The fourth-order valence-corrected chi connectivity index (χ4v) is 4.94. The molecule has 10 heteroatoms. The number of piperazine rings is 1. The van der Waals surface area contributed by atoms with E-state index in [0.29, 0.717) is 29.3 Å². The van der Waals surface area contributed by atoms with Crippen molar-refractivity contribution in [1.82, 2.24) is 35.0 Å². The van der Waals surface area contributed by atoms with E-state index in [1.165, 1.54) is 4.80 Å². The van der Waals surface area contributed by atoms with Gasteiger partial charge in [-0.05, 0) is 54.3 Å². The third-order valence-corrected chi connectivity index (χ3v) is 6.57. The van der Waals surface area contributed by atoms with Crippen molar-refractivity contribution in [2.24, 2.45) is 0 Å². The first-order chi connectivity index (χ1) is 15.9. The van der Waals surface area contributed by atoms with Gasteiger partial charge >= 0.3 is 0 Å². The van der Waals surface area contributed by atoms with Gasteiger partial charge in [-0.25, -0.2) is 4.98 Å². The van der Waals surface area contributed by atoms with Crippen molar-refractivity contribution in [2.45, 2.75) is 51.9 Å². The Kier molecular flexibility index (Phi) is 5.99. The summed E-state index contributed by atoms with van der Waals surface area (Å²) in [4.78, 5) is 23.5. The minimum absolute atomic E-state index is 0.0391. The molecule has 2 atom stereocenters. The topological polar surface area (TPSA) is 93.2 Å². The maximum atomic E-state index is 13.1. The highest BCUT2D eigenvalue weighted by atomic mass is 35.5. The van der Waals surface area contributed by atoms with Gasteiger partial charge in [-0.3, -0.25) is 9.69 Å². The number of fused-ring (bicyclic) bond motifs is 3. The second-order valence-corrected chi connectivity index (χ2v) is 9.14.